The highest BCUT2D eigenvalue weighted by Crippen LogP contribution is 2.38. The van der Waals surface area contributed by atoms with E-state index in [0.29, 0.717) is 6.42 Å². The molecule has 0 aliphatic heterocycles. The zero-order valence-corrected chi connectivity index (χ0v) is 12.8. The molecule has 2 amide bonds. The van der Waals surface area contributed by atoms with Crippen molar-refractivity contribution in [3.63, 3.8) is 0 Å². The van der Waals surface area contributed by atoms with Crippen LogP contribution < -0.4 is 10.5 Å². The maximum Gasteiger partial charge on any atom is 0.395 e. The lowest BCUT2D eigenvalue weighted by atomic mass is 9.79. The highest BCUT2D eigenvalue weighted by molar-refractivity contribution is 6.23. The first-order valence-electron chi connectivity index (χ1n) is 6.73. The van der Waals surface area contributed by atoms with Gasteiger partial charge in [-0.05, 0) is 13.3 Å². The van der Waals surface area contributed by atoms with Crippen LogP contribution in [0.15, 0.2) is 0 Å². The monoisotopic (exact) mass is 286 g/mol. The van der Waals surface area contributed by atoms with Gasteiger partial charge in [0.15, 0.2) is 0 Å². The Morgan fingerprint density at radius 3 is 2.60 bits per heavy atom. The standard InChI is InChI=1S/C12H25BN3O4/c1-7-9(18)6-10(15-13-20-5)12(7,8(2)17)14-11(19)16(3)4/h7-10,15,17-18H,6H2,1-5H3,(H,14,19)/t7-,8+,9-,10+,12+/m1/s1. The number of amides is 2. The van der Waals surface area contributed by atoms with E-state index in [1.54, 1.807) is 21.0 Å². The molecule has 0 spiro atoms. The van der Waals surface area contributed by atoms with E-state index in [0.717, 1.165) is 0 Å². The minimum Gasteiger partial charge on any atom is -0.427 e. The number of carbonyl (C=O) groups excluding carboxylic acids is 1. The molecule has 1 aliphatic rings. The van der Waals surface area contributed by atoms with E-state index < -0.39 is 17.7 Å². The number of rotatable bonds is 5. The van der Waals surface area contributed by atoms with Crippen molar-refractivity contribution in [3.05, 3.63) is 0 Å². The predicted molar refractivity (Wildman–Crippen MR) is 76.1 cm³/mol. The van der Waals surface area contributed by atoms with Crippen LogP contribution in [-0.2, 0) is 4.65 Å². The highest BCUT2D eigenvalue weighted by atomic mass is 16.4. The van der Waals surface area contributed by atoms with E-state index in [4.69, 9.17) is 4.65 Å². The molecule has 0 saturated heterocycles. The van der Waals surface area contributed by atoms with E-state index >= 15 is 0 Å². The molecule has 0 heterocycles. The van der Waals surface area contributed by atoms with Crippen LogP contribution >= 0.6 is 0 Å². The van der Waals surface area contributed by atoms with Crippen molar-refractivity contribution in [1.82, 2.24) is 15.4 Å². The Kier molecular flexibility index (Phi) is 5.82. The van der Waals surface area contributed by atoms with Gasteiger partial charge in [0, 0.05) is 33.2 Å². The third kappa shape index (κ3) is 3.08. The summed E-state index contributed by atoms with van der Waals surface area (Å²) < 4.78 is 4.88. The van der Waals surface area contributed by atoms with Gasteiger partial charge < -0.3 is 30.3 Å². The van der Waals surface area contributed by atoms with Gasteiger partial charge in [0.25, 0.3) is 0 Å². The molecule has 4 N–H and O–H groups in total. The van der Waals surface area contributed by atoms with Gasteiger partial charge in [-0.3, -0.25) is 0 Å². The topological polar surface area (TPSA) is 94.1 Å². The van der Waals surface area contributed by atoms with Crippen LogP contribution in [0.2, 0.25) is 0 Å². The van der Waals surface area contributed by atoms with E-state index in [2.05, 4.69) is 10.5 Å². The Labute approximate surface area is 121 Å². The second kappa shape index (κ2) is 6.75. The fraction of sp³-hybridized carbons (Fsp3) is 0.917. The molecule has 0 aromatic rings. The van der Waals surface area contributed by atoms with Crippen molar-refractivity contribution >= 4 is 13.6 Å². The normalized spacial score (nSPS) is 34.6. The van der Waals surface area contributed by atoms with Crippen LogP contribution in [0, 0.1) is 5.92 Å². The Morgan fingerprint density at radius 2 is 2.15 bits per heavy atom. The highest BCUT2D eigenvalue weighted by Gasteiger charge is 2.56. The number of carbonyl (C=O) groups is 1. The summed E-state index contributed by atoms with van der Waals surface area (Å²) in [5, 5.41) is 26.3. The number of urea groups is 1. The summed E-state index contributed by atoms with van der Waals surface area (Å²) in [5.74, 6) is -0.297. The lowest BCUT2D eigenvalue weighted by Crippen LogP contribution is -2.68. The van der Waals surface area contributed by atoms with Gasteiger partial charge in [0.05, 0.1) is 17.7 Å². The minimum absolute atomic E-state index is 0.297. The third-order valence-electron chi connectivity index (χ3n) is 4.19. The summed E-state index contributed by atoms with van der Waals surface area (Å²) in [4.78, 5) is 13.4. The first kappa shape index (κ1) is 17.2. The molecule has 1 fully saturated rings. The van der Waals surface area contributed by atoms with Crippen molar-refractivity contribution in [2.45, 2.75) is 44.1 Å². The zero-order chi connectivity index (χ0) is 15.5. The number of nitrogens with one attached hydrogen (secondary N) is 2. The fourth-order valence-corrected chi connectivity index (χ4v) is 2.91. The maximum atomic E-state index is 12.0. The first-order chi connectivity index (χ1) is 9.27. The van der Waals surface area contributed by atoms with Gasteiger partial charge in [-0.15, -0.1) is 0 Å². The van der Waals surface area contributed by atoms with E-state index in [-0.39, 0.29) is 18.0 Å². The minimum atomic E-state index is -0.962. The summed E-state index contributed by atoms with van der Waals surface area (Å²) in [7, 11) is 6.16. The zero-order valence-electron chi connectivity index (χ0n) is 12.8. The molecule has 1 saturated carbocycles. The Hall–Kier alpha value is -0.825. The molecule has 8 heteroatoms. The van der Waals surface area contributed by atoms with Gasteiger partial charge >= 0.3 is 13.6 Å². The van der Waals surface area contributed by atoms with Crippen LogP contribution in [0.3, 0.4) is 0 Å². The smallest absolute Gasteiger partial charge is 0.395 e. The quantitative estimate of drug-likeness (QED) is 0.482. The van der Waals surface area contributed by atoms with Crippen LogP contribution in [0.5, 0.6) is 0 Å². The van der Waals surface area contributed by atoms with E-state index in [1.807, 2.05) is 6.92 Å². The van der Waals surface area contributed by atoms with Crippen LogP contribution in [0.1, 0.15) is 20.3 Å². The molecule has 1 rings (SSSR count). The van der Waals surface area contributed by atoms with Gasteiger partial charge in [-0.1, -0.05) is 6.92 Å². The third-order valence-corrected chi connectivity index (χ3v) is 4.19. The molecular weight excluding hydrogens is 261 g/mol. The fourth-order valence-electron chi connectivity index (χ4n) is 2.91. The summed E-state index contributed by atoms with van der Waals surface area (Å²) in [6.07, 6.45) is -1.03. The molecule has 0 bridgehead atoms. The molecule has 7 nitrogen and oxygen atoms in total. The molecular formula is C12H25BN3O4. The van der Waals surface area contributed by atoms with Crippen molar-refractivity contribution in [2.75, 3.05) is 21.2 Å². The summed E-state index contributed by atoms with van der Waals surface area (Å²) in [5.41, 5.74) is -0.962. The second-order valence-corrected chi connectivity index (χ2v) is 5.60. The van der Waals surface area contributed by atoms with Crippen molar-refractivity contribution in [2.24, 2.45) is 5.92 Å². The summed E-state index contributed by atoms with van der Waals surface area (Å²) in [6.45, 7) is 3.44. The van der Waals surface area contributed by atoms with Crippen molar-refractivity contribution in [3.8, 4) is 0 Å². The number of nitrogens with zero attached hydrogens (tertiary/aromatic N) is 1. The van der Waals surface area contributed by atoms with Crippen molar-refractivity contribution < 1.29 is 19.7 Å². The first-order valence-corrected chi connectivity index (χ1v) is 6.73. The van der Waals surface area contributed by atoms with Gasteiger partial charge in [-0.25, -0.2) is 4.79 Å². The molecule has 5 atom stereocenters. The molecule has 0 aromatic heterocycles. The number of aliphatic hydroxyl groups is 2. The molecule has 1 aliphatic carbocycles. The molecule has 20 heavy (non-hydrogen) atoms. The van der Waals surface area contributed by atoms with Gasteiger partial charge in [-0.2, -0.15) is 0 Å². The SMILES string of the molecule is CO[B]N[C@H]1C[C@@H](O)[C@@H](C)[C@]1(NC(=O)N(C)C)[C@H](C)O. The van der Waals surface area contributed by atoms with Crippen molar-refractivity contribution in [1.29, 1.82) is 0 Å². The second-order valence-electron chi connectivity index (χ2n) is 5.60. The Balaban J connectivity index is 3.05. The van der Waals surface area contributed by atoms with Crippen LogP contribution in [0.25, 0.3) is 0 Å². The number of hydrogen-bond acceptors (Lipinski definition) is 5. The molecule has 0 unspecified atom stereocenters. The maximum absolute atomic E-state index is 12.0. The number of hydrogen-bond donors (Lipinski definition) is 4. The largest absolute Gasteiger partial charge is 0.427 e. The summed E-state index contributed by atoms with van der Waals surface area (Å²) >= 11 is 0. The lowest BCUT2D eigenvalue weighted by molar-refractivity contribution is 0.0207. The average Bonchev–Trinajstić information content (AvgIpc) is 2.61. The summed E-state index contributed by atoms with van der Waals surface area (Å²) in [6, 6.07) is -0.632. The van der Waals surface area contributed by atoms with E-state index in [9.17, 15) is 15.0 Å². The molecule has 0 aromatic carbocycles. The van der Waals surface area contributed by atoms with E-state index in [1.165, 1.54) is 19.6 Å². The average molecular weight is 286 g/mol. The van der Waals surface area contributed by atoms with Crippen LogP contribution in [0.4, 0.5) is 4.79 Å². The molecule has 1 radical (unpaired) electrons. The Bertz CT molecular complexity index is 343. The van der Waals surface area contributed by atoms with Crippen LogP contribution in [-0.4, -0.2) is 73.8 Å². The lowest BCUT2D eigenvalue weighted by Gasteiger charge is -2.43. The van der Waals surface area contributed by atoms with Gasteiger partial charge in [0.2, 0.25) is 0 Å². The predicted octanol–water partition coefficient (Wildman–Crippen LogP) is -1.08. The van der Waals surface area contributed by atoms with Gasteiger partial charge in [0.1, 0.15) is 0 Å². The molecule has 115 valence electrons. The Morgan fingerprint density at radius 1 is 1.55 bits per heavy atom. The number of aliphatic hydroxyl groups excluding tert-OH is 2.